The summed E-state index contributed by atoms with van der Waals surface area (Å²) in [7, 11) is 1.33. The van der Waals surface area contributed by atoms with Gasteiger partial charge in [0.2, 0.25) is 0 Å². The Morgan fingerprint density at radius 3 is 2.71 bits per heavy atom. The first-order chi connectivity index (χ1) is 11.3. The summed E-state index contributed by atoms with van der Waals surface area (Å²) in [5.41, 5.74) is -0.232. The highest BCUT2D eigenvalue weighted by molar-refractivity contribution is 5.95. The van der Waals surface area contributed by atoms with Gasteiger partial charge in [-0.3, -0.25) is 9.48 Å². The van der Waals surface area contributed by atoms with Crippen LogP contribution in [0.1, 0.15) is 34.8 Å². The van der Waals surface area contributed by atoms with Crippen molar-refractivity contribution in [1.29, 1.82) is 0 Å². The van der Waals surface area contributed by atoms with E-state index in [1.165, 1.54) is 7.05 Å². The number of nitrogens with one attached hydrogen (secondary N) is 2. The molecule has 3 rings (SSSR count). The Morgan fingerprint density at radius 2 is 2.04 bits per heavy atom. The van der Waals surface area contributed by atoms with Crippen LogP contribution in [0.15, 0.2) is 30.5 Å². The van der Waals surface area contributed by atoms with Gasteiger partial charge in [-0.1, -0.05) is 12.1 Å². The minimum Gasteiger partial charge on any atom is -0.342 e. The number of amides is 1. The number of benzene rings is 1. The molecule has 3 aromatic rings. The second-order valence-corrected chi connectivity index (χ2v) is 5.40. The molecule has 2 N–H and O–H groups in total. The van der Waals surface area contributed by atoms with Crippen LogP contribution >= 0.6 is 0 Å². The third kappa shape index (κ3) is 2.97. The van der Waals surface area contributed by atoms with Crippen LogP contribution in [0.3, 0.4) is 0 Å². The zero-order chi connectivity index (χ0) is 17.5. The standard InChI is InChI=1S/C15H14F3N5O/c1-8(13-20-10-5-3-4-6-11(10)21-13)19-14(24)9-7-23(2)22-12(9)15(16,17)18/h3-8H,1-2H3,(H,19,24)(H,20,21)/t8-/m1/s1. The predicted molar refractivity (Wildman–Crippen MR) is 80.2 cm³/mol. The van der Waals surface area contributed by atoms with Crippen LogP contribution in [0.25, 0.3) is 11.0 Å². The number of fused-ring (bicyclic) bond motifs is 1. The highest BCUT2D eigenvalue weighted by atomic mass is 19.4. The topological polar surface area (TPSA) is 75.6 Å². The number of carbonyl (C=O) groups is 1. The maximum atomic E-state index is 12.9. The SMILES string of the molecule is C[C@@H](NC(=O)c1cn(C)nc1C(F)(F)F)c1nc2ccccc2[nH]1. The van der Waals surface area contributed by atoms with E-state index in [4.69, 9.17) is 0 Å². The number of halogens is 3. The van der Waals surface area contributed by atoms with Crippen LogP contribution in [0.5, 0.6) is 0 Å². The van der Waals surface area contributed by atoms with Gasteiger partial charge < -0.3 is 10.3 Å². The summed E-state index contributed by atoms with van der Waals surface area (Å²) in [6.45, 7) is 1.64. The Kier molecular flexibility index (Phi) is 3.78. The fourth-order valence-electron chi connectivity index (χ4n) is 2.38. The number of alkyl halides is 3. The fraction of sp³-hybridized carbons (Fsp3) is 0.267. The maximum absolute atomic E-state index is 12.9. The molecule has 6 nitrogen and oxygen atoms in total. The number of hydrogen-bond donors (Lipinski definition) is 2. The van der Waals surface area contributed by atoms with E-state index in [0.717, 1.165) is 16.4 Å². The number of hydrogen-bond acceptors (Lipinski definition) is 3. The van der Waals surface area contributed by atoms with Crippen LogP contribution in [-0.4, -0.2) is 25.7 Å². The van der Waals surface area contributed by atoms with E-state index >= 15 is 0 Å². The first kappa shape index (κ1) is 16.0. The summed E-state index contributed by atoms with van der Waals surface area (Å²) in [5.74, 6) is -0.398. The molecule has 0 bridgehead atoms. The van der Waals surface area contributed by atoms with Crippen molar-refractivity contribution in [2.45, 2.75) is 19.1 Å². The lowest BCUT2D eigenvalue weighted by molar-refractivity contribution is -0.141. The van der Waals surface area contributed by atoms with Gasteiger partial charge in [0.1, 0.15) is 5.82 Å². The molecule has 0 fully saturated rings. The molecular formula is C15H14F3N5O. The molecule has 2 aromatic heterocycles. The summed E-state index contributed by atoms with van der Waals surface area (Å²) in [5, 5.41) is 5.84. The van der Waals surface area contributed by atoms with Crippen molar-refractivity contribution in [3.63, 3.8) is 0 Å². The summed E-state index contributed by atoms with van der Waals surface area (Å²) in [4.78, 5) is 19.6. The van der Waals surface area contributed by atoms with Crippen LogP contribution in [0, 0.1) is 0 Å². The average molecular weight is 337 g/mol. The second kappa shape index (κ2) is 5.66. The second-order valence-electron chi connectivity index (χ2n) is 5.40. The number of imidazole rings is 1. The highest BCUT2D eigenvalue weighted by Gasteiger charge is 2.39. The molecule has 126 valence electrons. The van der Waals surface area contributed by atoms with Crippen LogP contribution < -0.4 is 5.32 Å². The molecule has 0 radical (unpaired) electrons. The molecule has 1 aromatic carbocycles. The zero-order valence-electron chi connectivity index (χ0n) is 12.8. The Labute approximate surface area is 134 Å². The van der Waals surface area contributed by atoms with Gasteiger partial charge in [-0.25, -0.2) is 4.98 Å². The Morgan fingerprint density at radius 1 is 1.33 bits per heavy atom. The number of aryl methyl sites for hydroxylation is 1. The van der Waals surface area contributed by atoms with E-state index in [0.29, 0.717) is 11.3 Å². The molecule has 0 unspecified atom stereocenters. The molecule has 1 amide bonds. The van der Waals surface area contributed by atoms with Crippen molar-refractivity contribution in [3.05, 3.63) is 47.5 Å². The van der Waals surface area contributed by atoms with Gasteiger partial charge in [-0.05, 0) is 19.1 Å². The molecule has 24 heavy (non-hydrogen) atoms. The van der Waals surface area contributed by atoms with Gasteiger partial charge >= 0.3 is 6.18 Å². The Bertz CT molecular complexity index is 863. The molecular weight excluding hydrogens is 323 g/mol. The maximum Gasteiger partial charge on any atom is 0.435 e. The zero-order valence-corrected chi connectivity index (χ0v) is 12.8. The van der Waals surface area contributed by atoms with Crippen LogP contribution in [0.4, 0.5) is 13.2 Å². The molecule has 0 aliphatic heterocycles. The lowest BCUT2D eigenvalue weighted by Crippen LogP contribution is -2.29. The molecule has 0 saturated carbocycles. The van der Waals surface area contributed by atoms with E-state index in [1.54, 1.807) is 13.0 Å². The molecule has 1 atom stereocenters. The number of rotatable bonds is 3. The molecule has 2 heterocycles. The molecule has 0 aliphatic carbocycles. The monoisotopic (exact) mass is 337 g/mol. The number of carbonyl (C=O) groups excluding carboxylic acids is 1. The summed E-state index contributed by atoms with van der Waals surface area (Å²) < 4.78 is 39.8. The van der Waals surface area contributed by atoms with Crippen molar-refractivity contribution in [1.82, 2.24) is 25.1 Å². The van der Waals surface area contributed by atoms with Crippen LogP contribution in [-0.2, 0) is 13.2 Å². The fourth-order valence-corrected chi connectivity index (χ4v) is 2.38. The first-order valence-corrected chi connectivity index (χ1v) is 7.12. The summed E-state index contributed by atoms with van der Waals surface area (Å²) in [6.07, 6.45) is -3.65. The van der Waals surface area contributed by atoms with Crippen molar-refractivity contribution in [3.8, 4) is 0 Å². The molecule has 0 spiro atoms. The van der Waals surface area contributed by atoms with Crippen molar-refractivity contribution in [2.24, 2.45) is 7.05 Å². The highest BCUT2D eigenvalue weighted by Crippen LogP contribution is 2.30. The third-order valence-electron chi connectivity index (χ3n) is 3.51. The lowest BCUT2D eigenvalue weighted by atomic mass is 10.2. The van der Waals surface area contributed by atoms with Crippen LogP contribution in [0.2, 0.25) is 0 Å². The van der Waals surface area contributed by atoms with Gasteiger partial charge in [-0.2, -0.15) is 18.3 Å². The quantitative estimate of drug-likeness (QED) is 0.772. The minimum absolute atomic E-state index is 0.460. The number of nitrogens with zero attached hydrogens (tertiary/aromatic N) is 3. The number of H-pyrrole nitrogens is 1. The molecule has 0 saturated heterocycles. The minimum atomic E-state index is -4.70. The number of para-hydroxylation sites is 2. The average Bonchev–Trinajstić information content (AvgIpc) is 3.09. The van der Waals surface area contributed by atoms with Crippen molar-refractivity contribution >= 4 is 16.9 Å². The van der Waals surface area contributed by atoms with Gasteiger partial charge in [0.05, 0.1) is 22.6 Å². The lowest BCUT2D eigenvalue weighted by Gasteiger charge is -2.12. The van der Waals surface area contributed by atoms with Gasteiger partial charge in [0, 0.05) is 13.2 Å². The first-order valence-electron chi connectivity index (χ1n) is 7.12. The van der Waals surface area contributed by atoms with E-state index in [-0.39, 0.29) is 0 Å². The largest absolute Gasteiger partial charge is 0.435 e. The number of aromatic nitrogens is 4. The Hall–Kier alpha value is -2.84. The number of aromatic amines is 1. The molecule has 0 aliphatic rings. The van der Waals surface area contributed by atoms with E-state index in [9.17, 15) is 18.0 Å². The van der Waals surface area contributed by atoms with Gasteiger partial charge in [0.15, 0.2) is 5.69 Å². The summed E-state index contributed by atoms with van der Waals surface area (Å²) >= 11 is 0. The van der Waals surface area contributed by atoms with Crippen molar-refractivity contribution in [2.75, 3.05) is 0 Å². The van der Waals surface area contributed by atoms with Crippen molar-refractivity contribution < 1.29 is 18.0 Å². The van der Waals surface area contributed by atoms with E-state index < -0.39 is 29.4 Å². The van der Waals surface area contributed by atoms with Gasteiger partial charge in [0.25, 0.3) is 5.91 Å². The normalized spacial score (nSPS) is 13.2. The predicted octanol–water partition coefficient (Wildman–Crippen LogP) is 2.81. The van der Waals surface area contributed by atoms with E-state index in [1.807, 2.05) is 18.2 Å². The van der Waals surface area contributed by atoms with E-state index in [2.05, 4.69) is 20.4 Å². The molecule has 9 heteroatoms. The third-order valence-corrected chi connectivity index (χ3v) is 3.51. The smallest absolute Gasteiger partial charge is 0.342 e. The van der Waals surface area contributed by atoms with Gasteiger partial charge in [-0.15, -0.1) is 0 Å². The Balaban J connectivity index is 1.84. The summed E-state index contributed by atoms with van der Waals surface area (Å²) in [6, 6.07) is 6.68.